The number of ether oxygens (including phenoxy) is 1. The summed E-state index contributed by atoms with van der Waals surface area (Å²) in [6.45, 7) is 3.62. The van der Waals surface area contributed by atoms with Gasteiger partial charge in [-0.05, 0) is 31.5 Å². The number of imidazole rings is 1. The largest absolute Gasteiger partial charge is 0.497 e. The van der Waals surface area contributed by atoms with Gasteiger partial charge in [0, 0.05) is 37.1 Å². The van der Waals surface area contributed by atoms with Gasteiger partial charge in [-0.3, -0.25) is 4.98 Å². The van der Waals surface area contributed by atoms with Gasteiger partial charge in [-0.25, -0.2) is 4.98 Å². The lowest BCUT2D eigenvalue weighted by molar-refractivity contribution is 0.415. The molecule has 1 N–H and O–H groups in total. The van der Waals surface area contributed by atoms with Gasteiger partial charge in [0.15, 0.2) is 0 Å². The number of fused-ring (bicyclic) bond motifs is 1. The van der Waals surface area contributed by atoms with E-state index in [1.807, 2.05) is 31.3 Å². The molecule has 0 aliphatic carbocycles. The highest BCUT2D eigenvalue weighted by molar-refractivity contribution is 5.94. The normalized spacial score (nSPS) is 10.5. The Hall–Kier alpha value is -3.07. The molecule has 0 atom stereocenters. The summed E-state index contributed by atoms with van der Waals surface area (Å²) in [6, 6.07) is 7.88. The second-order valence-electron chi connectivity index (χ2n) is 5.49. The molecular formula is C18H19N5O. The smallest absolute Gasteiger partial charge is 0.119 e. The number of anilines is 1. The van der Waals surface area contributed by atoms with E-state index in [4.69, 9.17) is 4.74 Å². The highest BCUT2D eigenvalue weighted by Gasteiger charge is 2.09. The van der Waals surface area contributed by atoms with Crippen molar-refractivity contribution in [2.45, 2.75) is 19.9 Å². The number of hydrogen-bond acceptors (Lipinski definition) is 5. The number of aromatic nitrogens is 3. The number of aryl methyl sites for hydroxylation is 2. The number of hydrogen-bond donors (Lipinski definition) is 1. The molecule has 6 nitrogen and oxygen atoms in total. The second-order valence-corrected chi connectivity index (χ2v) is 5.49. The van der Waals surface area contributed by atoms with E-state index < -0.39 is 0 Å². The lowest BCUT2D eigenvalue weighted by atomic mass is 10.1. The van der Waals surface area contributed by atoms with E-state index in [9.17, 15) is 5.26 Å². The molecule has 122 valence electrons. The van der Waals surface area contributed by atoms with Crippen molar-refractivity contribution in [1.29, 1.82) is 5.26 Å². The molecule has 3 aromatic rings. The molecule has 0 aliphatic heterocycles. The Kier molecular flexibility index (Phi) is 4.62. The molecule has 0 aliphatic rings. The van der Waals surface area contributed by atoms with Crippen molar-refractivity contribution in [3.63, 3.8) is 0 Å². The van der Waals surface area contributed by atoms with Crippen molar-refractivity contribution in [2.24, 2.45) is 0 Å². The van der Waals surface area contributed by atoms with Gasteiger partial charge in [0.2, 0.25) is 0 Å². The molecule has 24 heavy (non-hydrogen) atoms. The lowest BCUT2D eigenvalue weighted by Gasteiger charge is -2.12. The van der Waals surface area contributed by atoms with E-state index in [0.29, 0.717) is 5.56 Å². The van der Waals surface area contributed by atoms with Gasteiger partial charge < -0.3 is 14.6 Å². The zero-order valence-corrected chi connectivity index (χ0v) is 13.8. The first-order valence-electron chi connectivity index (χ1n) is 7.81. The summed E-state index contributed by atoms with van der Waals surface area (Å²) >= 11 is 0. The number of nitrogens with one attached hydrogen (secondary N) is 1. The Bertz CT molecular complexity index is 894. The van der Waals surface area contributed by atoms with Crippen LogP contribution in [0, 0.1) is 18.3 Å². The first kappa shape index (κ1) is 15.8. The average molecular weight is 321 g/mol. The van der Waals surface area contributed by atoms with Gasteiger partial charge in [-0.1, -0.05) is 0 Å². The van der Waals surface area contributed by atoms with Gasteiger partial charge in [0.25, 0.3) is 0 Å². The van der Waals surface area contributed by atoms with Crippen LogP contribution >= 0.6 is 0 Å². The SMILES string of the molecule is COc1ccc2ncc(C#N)c(NCCCn3ccnc3C)c2c1. The second kappa shape index (κ2) is 7.01. The third-order valence-electron chi connectivity index (χ3n) is 4.00. The molecule has 2 heterocycles. The van der Waals surface area contributed by atoms with Crippen molar-refractivity contribution >= 4 is 16.6 Å². The summed E-state index contributed by atoms with van der Waals surface area (Å²) in [6.07, 6.45) is 6.31. The maximum absolute atomic E-state index is 9.37. The Balaban J connectivity index is 1.79. The molecule has 0 unspecified atom stereocenters. The van der Waals surface area contributed by atoms with E-state index in [1.165, 1.54) is 0 Å². The van der Waals surface area contributed by atoms with Crippen LogP contribution in [0.4, 0.5) is 5.69 Å². The standard InChI is InChI=1S/C18H19N5O/c1-13-20-7-9-23(13)8-3-6-21-18-14(11-19)12-22-17-5-4-15(24-2)10-16(17)18/h4-5,7,9-10,12H,3,6,8H2,1-2H3,(H,21,22). The van der Waals surface area contributed by atoms with E-state index in [2.05, 4.69) is 25.9 Å². The van der Waals surface area contributed by atoms with Crippen molar-refractivity contribution < 1.29 is 4.74 Å². The van der Waals surface area contributed by atoms with Crippen LogP contribution in [0.3, 0.4) is 0 Å². The monoisotopic (exact) mass is 321 g/mol. The molecule has 0 amide bonds. The number of pyridine rings is 1. The van der Waals surface area contributed by atoms with Gasteiger partial charge in [-0.2, -0.15) is 5.26 Å². The predicted octanol–water partition coefficient (Wildman–Crippen LogP) is 3.12. The first-order chi connectivity index (χ1) is 11.7. The Morgan fingerprint density at radius 3 is 2.92 bits per heavy atom. The molecule has 0 bridgehead atoms. The number of rotatable bonds is 6. The third-order valence-corrected chi connectivity index (χ3v) is 4.00. The van der Waals surface area contributed by atoms with Gasteiger partial charge in [-0.15, -0.1) is 0 Å². The van der Waals surface area contributed by atoms with Crippen LogP contribution in [-0.2, 0) is 6.54 Å². The molecule has 0 spiro atoms. The summed E-state index contributed by atoms with van der Waals surface area (Å²) in [5.41, 5.74) is 2.18. The Morgan fingerprint density at radius 2 is 2.21 bits per heavy atom. The maximum atomic E-state index is 9.37. The number of nitriles is 1. The van der Waals surface area contributed by atoms with Crippen molar-refractivity contribution in [3.8, 4) is 11.8 Å². The lowest BCUT2D eigenvalue weighted by Crippen LogP contribution is -2.09. The van der Waals surface area contributed by atoms with Crippen molar-refractivity contribution in [3.05, 3.63) is 48.2 Å². The number of nitrogens with zero attached hydrogens (tertiary/aromatic N) is 4. The Morgan fingerprint density at radius 1 is 1.33 bits per heavy atom. The van der Waals surface area contributed by atoms with E-state index in [1.54, 1.807) is 19.5 Å². The van der Waals surface area contributed by atoms with E-state index in [-0.39, 0.29) is 0 Å². The van der Waals surface area contributed by atoms with Crippen molar-refractivity contribution in [2.75, 3.05) is 19.0 Å². The molecule has 3 rings (SSSR count). The number of methoxy groups -OCH3 is 1. The van der Waals surface area contributed by atoms with Crippen LogP contribution in [0.2, 0.25) is 0 Å². The van der Waals surface area contributed by atoms with Crippen LogP contribution < -0.4 is 10.1 Å². The maximum Gasteiger partial charge on any atom is 0.119 e. The van der Waals surface area contributed by atoms with Gasteiger partial charge >= 0.3 is 0 Å². The zero-order valence-electron chi connectivity index (χ0n) is 13.8. The minimum Gasteiger partial charge on any atom is -0.497 e. The predicted molar refractivity (Wildman–Crippen MR) is 93.1 cm³/mol. The molecule has 0 radical (unpaired) electrons. The summed E-state index contributed by atoms with van der Waals surface area (Å²) in [4.78, 5) is 8.56. The fraction of sp³-hybridized carbons (Fsp3) is 0.278. The zero-order chi connectivity index (χ0) is 16.9. The van der Waals surface area contributed by atoms with Crippen LogP contribution in [0.1, 0.15) is 17.8 Å². The highest BCUT2D eigenvalue weighted by atomic mass is 16.5. The van der Waals surface area contributed by atoms with Gasteiger partial charge in [0.1, 0.15) is 17.6 Å². The topological polar surface area (TPSA) is 75.8 Å². The minimum atomic E-state index is 0.537. The first-order valence-corrected chi connectivity index (χ1v) is 7.81. The molecule has 1 aromatic carbocycles. The van der Waals surface area contributed by atoms with E-state index in [0.717, 1.165) is 47.7 Å². The molecule has 2 aromatic heterocycles. The summed E-state index contributed by atoms with van der Waals surface area (Å²) < 4.78 is 7.40. The summed E-state index contributed by atoms with van der Waals surface area (Å²) in [5.74, 6) is 1.75. The van der Waals surface area contributed by atoms with Crippen LogP contribution in [0.5, 0.6) is 5.75 Å². The molecule has 0 fully saturated rings. The summed E-state index contributed by atoms with van der Waals surface area (Å²) in [7, 11) is 1.63. The van der Waals surface area contributed by atoms with Gasteiger partial charge in [0.05, 0.1) is 23.9 Å². The van der Waals surface area contributed by atoms with Crippen LogP contribution in [-0.4, -0.2) is 28.2 Å². The minimum absolute atomic E-state index is 0.537. The average Bonchev–Trinajstić information content (AvgIpc) is 3.03. The Labute approximate surface area is 140 Å². The highest BCUT2D eigenvalue weighted by Crippen LogP contribution is 2.28. The van der Waals surface area contributed by atoms with Crippen LogP contribution in [0.25, 0.3) is 10.9 Å². The van der Waals surface area contributed by atoms with Crippen LogP contribution in [0.15, 0.2) is 36.8 Å². The molecule has 0 saturated carbocycles. The molecule has 0 saturated heterocycles. The molecular weight excluding hydrogens is 302 g/mol. The fourth-order valence-corrected chi connectivity index (χ4v) is 2.68. The third kappa shape index (κ3) is 3.15. The fourth-order valence-electron chi connectivity index (χ4n) is 2.68. The van der Waals surface area contributed by atoms with E-state index >= 15 is 0 Å². The number of benzene rings is 1. The van der Waals surface area contributed by atoms with Crippen molar-refractivity contribution in [1.82, 2.24) is 14.5 Å². The summed E-state index contributed by atoms with van der Waals surface area (Å²) in [5, 5.41) is 13.7. The quantitative estimate of drug-likeness (QED) is 0.706. The molecule has 6 heteroatoms.